The van der Waals surface area contributed by atoms with Crippen LogP contribution in [-0.2, 0) is 0 Å². The van der Waals surface area contributed by atoms with Crippen LogP contribution in [0.1, 0.15) is 85.5 Å². The van der Waals surface area contributed by atoms with E-state index >= 15 is 0 Å². The van der Waals surface area contributed by atoms with Gasteiger partial charge in [0.2, 0.25) is 0 Å². The zero-order valence-electron chi connectivity index (χ0n) is 15.9. The number of hydrogen-bond donors (Lipinski definition) is 0. The van der Waals surface area contributed by atoms with Gasteiger partial charge >= 0.3 is 0 Å². The van der Waals surface area contributed by atoms with Gasteiger partial charge in [-0.25, -0.2) is 0 Å². The lowest BCUT2D eigenvalue weighted by Gasteiger charge is -2.39. The molecule has 0 nitrogen and oxygen atoms in total. The molecule has 21 heavy (non-hydrogen) atoms. The minimum atomic E-state index is 0.150. The Balaban J connectivity index is 4.04. The molecule has 0 aliphatic heterocycles. The maximum absolute atomic E-state index is 3.49. The Morgan fingerprint density at radius 3 is 2.05 bits per heavy atom. The summed E-state index contributed by atoms with van der Waals surface area (Å²) in [6, 6.07) is 0. The van der Waals surface area contributed by atoms with Gasteiger partial charge < -0.3 is 0 Å². The summed E-state index contributed by atoms with van der Waals surface area (Å²) in [4.78, 5) is 0. The van der Waals surface area contributed by atoms with Crippen molar-refractivity contribution >= 4 is 23.5 Å². The van der Waals surface area contributed by atoms with E-state index in [-0.39, 0.29) is 10.5 Å². The SMILES string of the molecule is BC(B)(B)C(C)(C#CC)CCC(C)CCCCCCCC. The lowest BCUT2D eigenvalue weighted by molar-refractivity contribution is 0.341. The molecule has 0 saturated heterocycles. The molecular weight excluding hydrogens is 249 g/mol. The van der Waals surface area contributed by atoms with Crippen LogP contribution in [0.3, 0.4) is 0 Å². The first-order valence-electron chi connectivity index (χ1n) is 9.20. The van der Waals surface area contributed by atoms with Crippen molar-refractivity contribution in [3.63, 3.8) is 0 Å². The van der Waals surface area contributed by atoms with Crippen molar-refractivity contribution in [1.29, 1.82) is 0 Å². The molecule has 0 aromatic rings. The molecule has 0 aliphatic carbocycles. The average Bonchev–Trinajstić information content (AvgIpc) is 2.39. The van der Waals surface area contributed by atoms with Gasteiger partial charge in [0, 0.05) is 5.41 Å². The summed E-state index contributed by atoms with van der Waals surface area (Å²) < 4.78 is 0. The van der Waals surface area contributed by atoms with E-state index in [0.29, 0.717) is 0 Å². The van der Waals surface area contributed by atoms with Crippen LogP contribution < -0.4 is 0 Å². The maximum Gasteiger partial charge on any atom is 0.0924 e. The molecule has 0 aromatic carbocycles. The maximum atomic E-state index is 3.49. The molecule has 118 valence electrons. The van der Waals surface area contributed by atoms with Gasteiger partial charge in [-0.2, -0.15) is 0 Å². The fraction of sp³-hybridized carbons (Fsp3) is 0.889. The van der Waals surface area contributed by atoms with Gasteiger partial charge in [-0.15, -0.1) is 5.92 Å². The monoisotopic (exact) mass is 286 g/mol. The highest BCUT2D eigenvalue weighted by molar-refractivity contribution is 6.59. The van der Waals surface area contributed by atoms with Crippen LogP contribution in [0.5, 0.6) is 0 Å². The molecule has 0 spiro atoms. The summed E-state index contributed by atoms with van der Waals surface area (Å²) in [5.41, 5.74) is 0.150. The van der Waals surface area contributed by atoms with E-state index in [1.165, 1.54) is 57.8 Å². The fourth-order valence-electron chi connectivity index (χ4n) is 2.85. The van der Waals surface area contributed by atoms with Crippen molar-refractivity contribution in [2.75, 3.05) is 0 Å². The second kappa shape index (κ2) is 10.5. The molecule has 2 atom stereocenters. The Bertz CT molecular complexity index is 322. The van der Waals surface area contributed by atoms with Crippen LogP contribution in [0.2, 0.25) is 5.11 Å². The molecule has 0 fully saturated rings. The first-order valence-corrected chi connectivity index (χ1v) is 9.20. The molecule has 0 rings (SSSR count). The van der Waals surface area contributed by atoms with E-state index in [0.717, 1.165) is 5.92 Å². The van der Waals surface area contributed by atoms with E-state index in [1.807, 2.05) is 6.92 Å². The Hall–Kier alpha value is -0.245. The highest BCUT2D eigenvalue weighted by Crippen LogP contribution is 2.41. The lowest BCUT2D eigenvalue weighted by atomic mass is 9.32. The van der Waals surface area contributed by atoms with Crippen LogP contribution in [0.15, 0.2) is 0 Å². The highest BCUT2D eigenvalue weighted by Gasteiger charge is 2.35. The summed E-state index contributed by atoms with van der Waals surface area (Å²) in [7, 11) is 6.99. The fourth-order valence-corrected chi connectivity index (χ4v) is 2.85. The summed E-state index contributed by atoms with van der Waals surface area (Å²) in [5, 5.41) is 0.260. The van der Waals surface area contributed by atoms with Crippen molar-refractivity contribution in [2.45, 2.75) is 90.6 Å². The van der Waals surface area contributed by atoms with Crippen molar-refractivity contribution < 1.29 is 0 Å². The molecule has 0 heterocycles. The quantitative estimate of drug-likeness (QED) is 0.311. The van der Waals surface area contributed by atoms with E-state index in [9.17, 15) is 0 Å². The second-order valence-corrected chi connectivity index (χ2v) is 8.16. The molecule has 0 N–H and O–H groups in total. The molecule has 0 radical (unpaired) electrons. The molecule has 0 bridgehead atoms. The highest BCUT2D eigenvalue weighted by atomic mass is 14.3. The molecule has 0 aliphatic rings. The van der Waals surface area contributed by atoms with Gasteiger partial charge in [0.25, 0.3) is 0 Å². The van der Waals surface area contributed by atoms with Crippen molar-refractivity contribution in [1.82, 2.24) is 0 Å². The van der Waals surface area contributed by atoms with Crippen molar-refractivity contribution in [3.05, 3.63) is 0 Å². The summed E-state index contributed by atoms with van der Waals surface area (Å²) in [6.45, 7) is 9.03. The molecule has 0 saturated carbocycles. The third kappa shape index (κ3) is 8.70. The Morgan fingerprint density at radius 2 is 1.52 bits per heavy atom. The molecular formula is C18H37B3. The average molecular weight is 286 g/mol. The topological polar surface area (TPSA) is 0 Å². The van der Waals surface area contributed by atoms with Crippen LogP contribution >= 0.6 is 0 Å². The minimum absolute atomic E-state index is 0.150. The summed E-state index contributed by atoms with van der Waals surface area (Å²) >= 11 is 0. The third-order valence-electron chi connectivity index (χ3n) is 5.24. The second-order valence-electron chi connectivity index (χ2n) is 8.16. The van der Waals surface area contributed by atoms with Crippen molar-refractivity contribution in [3.8, 4) is 11.8 Å². The summed E-state index contributed by atoms with van der Waals surface area (Å²) in [5.74, 6) is 7.50. The predicted octanol–water partition coefficient (Wildman–Crippen LogP) is 3.16. The van der Waals surface area contributed by atoms with Crippen LogP contribution in [0, 0.1) is 23.2 Å². The van der Waals surface area contributed by atoms with Gasteiger partial charge in [-0.1, -0.05) is 76.8 Å². The minimum Gasteiger partial charge on any atom is -0.106 e. The Labute approximate surface area is 137 Å². The molecule has 3 heteroatoms. The van der Waals surface area contributed by atoms with Crippen LogP contribution in [-0.4, -0.2) is 23.5 Å². The van der Waals surface area contributed by atoms with E-state index < -0.39 is 0 Å². The standard InChI is InChI=1S/C18H37B3/c1-5-7-8-9-10-11-12-16(3)13-15-17(4,14-6-2)18(19,20)21/h16H,5,7-13,15,19-21H2,1-4H3. The molecule has 2 unspecified atom stereocenters. The Morgan fingerprint density at radius 1 is 0.952 bits per heavy atom. The van der Waals surface area contributed by atoms with Gasteiger partial charge in [0.15, 0.2) is 0 Å². The number of unbranched alkanes of at least 4 members (excludes halogenated alkanes) is 5. The van der Waals surface area contributed by atoms with E-state index in [2.05, 4.69) is 56.2 Å². The number of rotatable bonds is 11. The first-order chi connectivity index (χ1) is 9.77. The Kier molecular flexibility index (Phi) is 10.4. The summed E-state index contributed by atoms with van der Waals surface area (Å²) in [6.07, 6.45) is 12.4. The van der Waals surface area contributed by atoms with Gasteiger partial charge in [0.05, 0.1) is 23.5 Å². The lowest BCUT2D eigenvalue weighted by Crippen LogP contribution is -2.34. The van der Waals surface area contributed by atoms with Crippen LogP contribution in [0.25, 0.3) is 0 Å². The number of hydrogen-bond acceptors (Lipinski definition) is 0. The zero-order chi connectivity index (χ0) is 16.4. The third-order valence-corrected chi connectivity index (χ3v) is 5.24. The van der Waals surface area contributed by atoms with Crippen LogP contribution in [0.4, 0.5) is 0 Å². The van der Waals surface area contributed by atoms with Gasteiger partial charge in [0.1, 0.15) is 0 Å². The first kappa shape index (κ1) is 20.8. The van der Waals surface area contributed by atoms with E-state index in [1.54, 1.807) is 0 Å². The van der Waals surface area contributed by atoms with Gasteiger partial charge in [-0.05, 0) is 25.7 Å². The van der Waals surface area contributed by atoms with E-state index in [4.69, 9.17) is 0 Å². The van der Waals surface area contributed by atoms with Crippen molar-refractivity contribution in [2.24, 2.45) is 11.3 Å². The molecule has 0 amide bonds. The smallest absolute Gasteiger partial charge is 0.0924 e. The molecule has 0 aromatic heterocycles. The normalized spacial score (nSPS) is 15.8. The zero-order valence-corrected chi connectivity index (χ0v) is 15.9. The van der Waals surface area contributed by atoms with Gasteiger partial charge in [-0.3, -0.25) is 0 Å². The largest absolute Gasteiger partial charge is 0.106 e. The predicted molar refractivity (Wildman–Crippen MR) is 106 cm³/mol.